The van der Waals surface area contributed by atoms with Gasteiger partial charge in [-0.2, -0.15) is 17.7 Å². The molecule has 154 valence electrons. The van der Waals surface area contributed by atoms with Crippen molar-refractivity contribution < 1.29 is 17.9 Å². The Labute approximate surface area is 164 Å². The van der Waals surface area contributed by atoms with E-state index in [0.717, 1.165) is 24.6 Å². The van der Waals surface area contributed by atoms with Gasteiger partial charge in [-0.3, -0.25) is 4.90 Å². The molecule has 0 spiro atoms. The van der Waals surface area contributed by atoms with Crippen LogP contribution < -0.4 is 10.5 Å². The van der Waals surface area contributed by atoms with Crippen LogP contribution in [0.15, 0.2) is 18.2 Å². The molecule has 2 N–H and O–H groups in total. The van der Waals surface area contributed by atoms with Crippen molar-refractivity contribution in [1.82, 2.24) is 24.5 Å². The molecule has 7 nitrogen and oxygen atoms in total. The van der Waals surface area contributed by atoms with Crippen LogP contribution in [0, 0.1) is 5.92 Å². The zero-order valence-electron chi connectivity index (χ0n) is 15.9. The Morgan fingerprint density at radius 3 is 2.79 bits per heavy atom. The van der Waals surface area contributed by atoms with Crippen LogP contribution in [0.5, 0.6) is 5.75 Å². The predicted molar refractivity (Wildman–Crippen MR) is 101 cm³/mol. The highest BCUT2D eigenvalue weighted by atomic mass is 19.4. The van der Waals surface area contributed by atoms with E-state index in [1.165, 1.54) is 4.52 Å². The van der Waals surface area contributed by atoms with Crippen molar-refractivity contribution in [2.24, 2.45) is 5.92 Å². The van der Waals surface area contributed by atoms with E-state index in [1.807, 2.05) is 12.1 Å². The zero-order valence-corrected chi connectivity index (χ0v) is 15.9. The largest absolute Gasteiger partial charge is 0.494 e. The number of piperidine rings is 2. The number of aromatic nitrogens is 4. The smallest absolute Gasteiger partial charge is 0.401 e. The lowest BCUT2D eigenvalue weighted by Gasteiger charge is -2.49. The molecule has 2 aromatic heterocycles. The number of nitrogens with zero attached hydrogens (tertiary/aromatic N) is 5. The molecule has 3 fully saturated rings. The van der Waals surface area contributed by atoms with Gasteiger partial charge < -0.3 is 10.5 Å². The van der Waals surface area contributed by atoms with Crippen LogP contribution in [0.3, 0.4) is 0 Å². The molecule has 0 amide bonds. The SMILES string of the molecule is COc1cccc2c1nc(N)n1nc(C3CC4CCC3N(CC(F)(F)F)C4)nc21. The van der Waals surface area contributed by atoms with E-state index in [-0.39, 0.29) is 23.8 Å². The number of para-hydroxylation sites is 1. The van der Waals surface area contributed by atoms with Gasteiger partial charge in [-0.25, -0.2) is 9.97 Å². The molecule has 1 aromatic carbocycles. The van der Waals surface area contributed by atoms with Gasteiger partial charge in [-0.15, -0.1) is 5.10 Å². The average Bonchev–Trinajstić information content (AvgIpc) is 3.13. The zero-order chi connectivity index (χ0) is 20.3. The first-order valence-electron chi connectivity index (χ1n) is 9.63. The molecular weight excluding hydrogens is 385 g/mol. The minimum absolute atomic E-state index is 0.148. The number of nitrogen functional groups attached to an aromatic ring is 1. The Balaban J connectivity index is 1.59. The number of methoxy groups -OCH3 is 1. The highest BCUT2D eigenvalue weighted by Crippen LogP contribution is 2.44. The van der Waals surface area contributed by atoms with Crippen molar-refractivity contribution in [2.45, 2.75) is 37.4 Å². The Bertz CT molecular complexity index is 1080. The average molecular weight is 406 g/mol. The van der Waals surface area contributed by atoms with Crippen molar-refractivity contribution in [1.29, 1.82) is 0 Å². The van der Waals surface area contributed by atoms with Crippen LogP contribution in [0.2, 0.25) is 0 Å². The first kappa shape index (κ1) is 18.4. The van der Waals surface area contributed by atoms with Gasteiger partial charge in [0.05, 0.1) is 13.7 Å². The number of benzene rings is 1. The lowest BCUT2D eigenvalue weighted by Crippen LogP contribution is -2.54. The van der Waals surface area contributed by atoms with Gasteiger partial charge in [-0.1, -0.05) is 6.07 Å². The summed E-state index contributed by atoms with van der Waals surface area (Å²) in [6.45, 7) is -0.403. The van der Waals surface area contributed by atoms with E-state index >= 15 is 0 Å². The molecule has 3 aromatic rings. The standard InChI is InChI=1S/C19H21F3N6O/c1-29-14-4-2-3-11-15(14)24-18(23)28-17(11)25-16(26-28)12-7-10-5-6-13(12)27(8-10)9-19(20,21)22/h2-4,10,12-13H,5-9H2,1H3,(H2,23,24). The van der Waals surface area contributed by atoms with Gasteiger partial charge in [0.1, 0.15) is 11.3 Å². The van der Waals surface area contributed by atoms with Crippen molar-refractivity contribution in [3.63, 3.8) is 0 Å². The molecule has 1 aliphatic carbocycles. The second-order valence-electron chi connectivity index (χ2n) is 7.93. The normalized spacial score (nSPS) is 25.2. The molecular formula is C19H21F3N6O. The maximum atomic E-state index is 13.0. The molecule has 10 heteroatoms. The van der Waals surface area contributed by atoms with Crippen LogP contribution in [0.4, 0.5) is 19.1 Å². The summed E-state index contributed by atoms with van der Waals surface area (Å²) in [5, 5.41) is 5.30. The molecule has 2 saturated heterocycles. The van der Waals surface area contributed by atoms with E-state index in [0.29, 0.717) is 29.3 Å². The van der Waals surface area contributed by atoms with Crippen LogP contribution in [-0.2, 0) is 0 Å². The number of rotatable bonds is 3. The molecule has 1 saturated carbocycles. The summed E-state index contributed by atoms with van der Waals surface area (Å²) < 4.78 is 46.0. The molecule has 2 bridgehead atoms. The van der Waals surface area contributed by atoms with E-state index in [9.17, 15) is 13.2 Å². The predicted octanol–water partition coefficient (Wildman–Crippen LogP) is 3.00. The number of nitrogens with two attached hydrogens (primary N) is 1. The van der Waals surface area contributed by atoms with Crippen molar-refractivity contribution in [2.75, 3.05) is 25.9 Å². The Morgan fingerprint density at radius 2 is 2.07 bits per heavy atom. The third-order valence-electron chi connectivity index (χ3n) is 6.12. The van der Waals surface area contributed by atoms with E-state index in [1.54, 1.807) is 18.1 Å². The fourth-order valence-electron chi connectivity index (χ4n) is 4.97. The minimum Gasteiger partial charge on any atom is -0.494 e. The Kier molecular flexibility index (Phi) is 4.09. The maximum Gasteiger partial charge on any atom is 0.401 e. The molecule has 3 atom stereocenters. The summed E-state index contributed by atoms with van der Waals surface area (Å²) in [5.41, 5.74) is 7.24. The lowest BCUT2D eigenvalue weighted by atomic mass is 9.72. The number of hydrogen-bond donors (Lipinski definition) is 1. The summed E-state index contributed by atoms with van der Waals surface area (Å²) in [4.78, 5) is 10.7. The first-order valence-corrected chi connectivity index (χ1v) is 9.63. The monoisotopic (exact) mass is 406 g/mol. The molecule has 4 heterocycles. The minimum atomic E-state index is -4.21. The number of hydrogen-bond acceptors (Lipinski definition) is 6. The fourth-order valence-corrected chi connectivity index (χ4v) is 4.97. The van der Waals surface area contributed by atoms with Crippen LogP contribution in [0.25, 0.3) is 16.6 Å². The van der Waals surface area contributed by atoms with E-state index in [2.05, 4.69) is 10.1 Å². The van der Waals surface area contributed by atoms with Gasteiger partial charge in [-0.05, 0) is 37.3 Å². The number of halogens is 3. The molecule has 6 rings (SSSR count). The molecule has 29 heavy (non-hydrogen) atoms. The van der Waals surface area contributed by atoms with Crippen molar-refractivity contribution >= 4 is 22.5 Å². The van der Waals surface area contributed by atoms with Gasteiger partial charge in [0.15, 0.2) is 11.5 Å². The molecule has 2 aliphatic heterocycles. The maximum absolute atomic E-state index is 13.0. The number of ether oxygens (including phenoxy) is 1. The fraction of sp³-hybridized carbons (Fsp3) is 0.526. The van der Waals surface area contributed by atoms with Crippen molar-refractivity contribution in [3.05, 3.63) is 24.0 Å². The molecule has 3 aliphatic rings. The number of fused-ring (bicyclic) bond motifs is 6. The van der Waals surface area contributed by atoms with Gasteiger partial charge >= 0.3 is 6.18 Å². The van der Waals surface area contributed by atoms with Crippen LogP contribution in [0.1, 0.15) is 31.0 Å². The van der Waals surface area contributed by atoms with Gasteiger partial charge in [0.25, 0.3) is 0 Å². The summed E-state index contributed by atoms with van der Waals surface area (Å²) in [7, 11) is 1.56. The topological polar surface area (TPSA) is 81.6 Å². The second-order valence-corrected chi connectivity index (χ2v) is 7.93. The number of anilines is 1. The Morgan fingerprint density at radius 1 is 1.24 bits per heavy atom. The first-order chi connectivity index (χ1) is 13.8. The third kappa shape index (κ3) is 3.06. The van der Waals surface area contributed by atoms with Crippen LogP contribution in [-0.4, -0.2) is 56.9 Å². The second kappa shape index (κ2) is 6.45. The van der Waals surface area contributed by atoms with E-state index in [4.69, 9.17) is 15.5 Å². The summed E-state index contributed by atoms with van der Waals surface area (Å²) in [6.07, 6.45) is -1.74. The molecule has 0 radical (unpaired) electrons. The summed E-state index contributed by atoms with van der Waals surface area (Å²) in [6, 6.07) is 5.27. The molecule has 3 unspecified atom stereocenters. The van der Waals surface area contributed by atoms with Gasteiger partial charge in [0, 0.05) is 23.9 Å². The highest BCUT2D eigenvalue weighted by Gasteiger charge is 2.46. The summed E-state index contributed by atoms with van der Waals surface area (Å²) in [5.74, 6) is 1.37. The lowest BCUT2D eigenvalue weighted by molar-refractivity contribution is -0.162. The van der Waals surface area contributed by atoms with Crippen molar-refractivity contribution in [3.8, 4) is 5.75 Å². The van der Waals surface area contributed by atoms with E-state index < -0.39 is 12.7 Å². The number of alkyl halides is 3. The van der Waals surface area contributed by atoms with Crippen LogP contribution >= 0.6 is 0 Å². The summed E-state index contributed by atoms with van der Waals surface area (Å²) >= 11 is 0. The quantitative estimate of drug-likeness (QED) is 0.720. The highest BCUT2D eigenvalue weighted by molar-refractivity contribution is 5.95. The van der Waals surface area contributed by atoms with Gasteiger partial charge in [0.2, 0.25) is 5.95 Å². The third-order valence-corrected chi connectivity index (χ3v) is 6.12. The Hall–Kier alpha value is -2.62.